The number of aromatic nitrogens is 1. The van der Waals surface area contributed by atoms with Gasteiger partial charge in [-0.25, -0.2) is 18.0 Å². The Morgan fingerprint density at radius 2 is 1.84 bits per heavy atom. The number of rotatable bonds is 3. The average Bonchev–Trinajstić information content (AvgIpc) is 3.13. The van der Waals surface area contributed by atoms with E-state index >= 15 is 0 Å². The largest absolute Gasteiger partial charge is 0.504 e. The van der Waals surface area contributed by atoms with E-state index in [9.17, 15) is 33.0 Å². The number of carbonyl (C=O) groups is 1. The van der Waals surface area contributed by atoms with Crippen molar-refractivity contribution in [1.82, 2.24) is 4.57 Å². The molecule has 1 aliphatic heterocycles. The van der Waals surface area contributed by atoms with Gasteiger partial charge in [0.25, 0.3) is 0 Å². The lowest BCUT2D eigenvalue weighted by Crippen LogP contribution is -2.27. The maximum atomic E-state index is 15.0. The minimum Gasteiger partial charge on any atom is -0.504 e. The van der Waals surface area contributed by atoms with Crippen LogP contribution in [-0.4, -0.2) is 39.9 Å². The third kappa shape index (κ3) is 3.22. The van der Waals surface area contributed by atoms with Crippen LogP contribution in [0.4, 0.5) is 24.5 Å². The molecule has 3 aromatic rings. The Kier molecular flexibility index (Phi) is 4.77. The number of phenols is 1. The minimum atomic E-state index is -1.68. The number of carboxylic acid groups (broad SMARTS) is 1. The summed E-state index contributed by atoms with van der Waals surface area (Å²) in [7, 11) is 0. The lowest BCUT2D eigenvalue weighted by Gasteiger charge is -2.22. The SMILES string of the molecule is Nc1cc(-n2cc(C(=O)O)c(=O)c3c(O)c(F)c(N4CC[C@H](N)C4)cc32)c(F)cc1F. The number of nitrogens with zero attached hydrogens (tertiary/aromatic N) is 2. The lowest BCUT2D eigenvalue weighted by atomic mass is 10.1. The van der Waals surface area contributed by atoms with Crippen molar-refractivity contribution in [3.63, 3.8) is 0 Å². The molecule has 0 radical (unpaired) electrons. The van der Waals surface area contributed by atoms with Crippen molar-refractivity contribution in [2.45, 2.75) is 12.5 Å². The van der Waals surface area contributed by atoms with Crippen LogP contribution in [0.25, 0.3) is 16.6 Å². The van der Waals surface area contributed by atoms with Crippen molar-refractivity contribution in [2.24, 2.45) is 5.73 Å². The maximum Gasteiger partial charge on any atom is 0.341 e. The summed E-state index contributed by atoms with van der Waals surface area (Å²) in [5.41, 5.74) is 8.30. The number of nitrogens with two attached hydrogens (primary N) is 2. The van der Waals surface area contributed by atoms with Gasteiger partial charge in [-0.2, -0.15) is 0 Å². The molecule has 1 saturated heterocycles. The molecule has 162 valence electrons. The highest BCUT2D eigenvalue weighted by Gasteiger charge is 2.28. The van der Waals surface area contributed by atoms with E-state index in [-0.39, 0.29) is 29.5 Å². The van der Waals surface area contributed by atoms with E-state index in [0.29, 0.717) is 19.0 Å². The molecular formula is C20H17F3N4O4. The number of nitrogen functional groups attached to an aromatic ring is 1. The van der Waals surface area contributed by atoms with Gasteiger partial charge in [0.1, 0.15) is 17.2 Å². The Morgan fingerprint density at radius 3 is 2.45 bits per heavy atom. The van der Waals surface area contributed by atoms with Crippen LogP contribution in [0.3, 0.4) is 0 Å². The summed E-state index contributed by atoms with van der Waals surface area (Å²) in [5.74, 6) is -6.03. The van der Waals surface area contributed by atoms with Crippen molar-refractivity contribution < 1.29 is 28.2 Å². The smallest absolute Gasteiger partial charge is 0.341 e. The molecule has 1 aromatic heterocycles. The summed E-state index contributed by atoms with van der Waals surface area (Å²) >= 11 is 0. The number of halogens is 3. The molecule has 0 bridgehead atoms. The number of benzene rings is 2. The van der Waals surface area contributed by atoms with Crippen molar-refractivity contribution in [3.05, 3.63) is 57.6 Å². The zero-order valence-corrected chi connectivity index (χ0v) is 15.9. The Balaban J connectivity index is 2.13. The first-order valence-electron chi connectivity index (χ1n) is 9.19. The molecule has 2 aromatic carbocycles. The third-order valence-electron chi connectivity index (χ3n) is 5.31. The second kappa shape index (κ2) is 7.20. The molecule has 11 heteroatoms. The van der Waals surface area contributed by atoms with E-state index in [1.807, 2.05) is 0 Å². The van der Waals surface area contributed by atoms with E-state index in [4.69, 9.17) is 11.5 Å². The lowest BCUT2D eigenvalue weighted by molar-refractivity contribution is 0.0695. The molecule has 0 aliphatic carbocycles. The molecule has 4 rings (SSSR count). The normalized spacial score (nSPS) is 16.3. The van der Waals surface area contributed by atoms with E-state index in [0.717, 1.165) is 16.8 Å². The van der Waals surface area contributed by atoms with Crippen LogP contribution in [0.1, 0.15) is 16.8 Å². The van der Waals surface area contributed by atoms with Gasteiger partial charge in [0.15, 0.2) is 11.6 Å². The monoisotopic (exact) mass is 434 g/mol. The van der Waals surface area contributed by atoms with Gasteiger partial charge in [0.2, 0.25) is 5.43 Å². The van der Waals surface area contributed by atoms with Crippen molar-refractivity contribution in [1.29, 1.82) is 0 Å². The number of aromatic hydroxyl groups is 1. The second-order valence-electron chi connectivity index (χ2n) is 7.32. The molecular weight excluding hydrogens is 417 g/mol. The van der Waals surface area contributed by atoms with Gasteiger partial charge < -0.3 is 31.1 Å². The quantitative estimate of drug-likeness (QED) is 0.463. The van der Waals surface area contributed by atoms with Crippen LogP contribution in [0.2, 0.25) is 0 Å². The predicted molar refractivity (Wildman–Crippen MR) is 107 cm³/mol. The summed E-state index contributed by atoms with van der Waals surface area (Å²) in [5, 5.41) is 19.2. The van der Waals surface area contributed by atoms with E-state index in [2.05, 4.69) is 0 Å². The molecule has 0 amide bonds. The van der Waals surface area contributed by atoms with Crippen molar-refractivity contribution >= 4 is 28.2 Å². The molecule has 1 atom stereocenters. The van der Waals surface area contributed by atoms with Gasteiger partial charge >= 0.3 is 5.97 Å². The highest BCUT2D eigenvalue weighted by Crippen LogP contribution is 2.36. The Hall–Kier alpha value is -3.73. The number of carboxylic acids is 1. The van der Waals surface area contributed by atoms with Gasteiger partial charge in [-0.3, -0.25) is 4.79 Å². The molecule has 1 aliphatic rings. The van der Waals surface area contributed by atoms with Gasteiger partial charge in [0, 0.05) is 31.4 Å². The van der Waals surface area contributed by atoms with E-state index in [1.54, 1.807) is 4.90 Å². The number of hydrogen-bond acceptors (Lipinski definition) is 6. The first-order valence-corrected chi connectivity index (χ1v) is 9.19. The number of anilines is 2. The van der Waals surface area contributed by atoms with Gasteiger partial charge in [-0.05, 0) is 18.6 Å². The highest BCUT2D eigenvalue weighted by atomic mass is 19.1. The number of hydrogen-bond donors (Lipinski definition) is 4. The second-order valence-corrected chi connectivity index (χ2v) is 7.32. The van der Waals surface area contributed by atoms with E-state index in [1.165, 1.54) is 6.07 Å². The maximum absolute atomic E-state index is 15.0. The molecule has 0 saturated carbocycles. The number of phenolic OH excluding ortho intramolecular Hbond substituents is 1. The van der Waals surface area contributed by atoms with Crippen LogP contribution < -0.4 is 21.8 Å². The fraction of sp³-hybridized carbons (Fsp3) is 0.200. The molecule has 6 N–H and O–H groups in total. The van der Waals surface area contributed by atoms with E-state index < -0.39 is 51.2 Å². The van der Waals surface area contributed by atoms with Gasteiger partial charge in [-0.15, -0.1) is 0 Å². The first kappa shape index (κ1) is 20.5. The zero-order chi connectivity index (χ0) is 22.6. The fourth-order valence-electron chi connectivity index (χ4n) is 3.75. The van der Waals surface area contributed by atoms with Crippen molar-refractivity contribution in [3.8, 4) is 11.4 Å². The Bertz CT molecular complexity index is 1310. The summed E-state index contributed by atoms with van der Waals surface area (Å²) in [6, 6.07) is 2.36. The number of aromatic carboxylic acids is 1. The zero-order valence-electron chi connectivity index (χ0n) is 15.9. The molecule has 0 spiro atoms. The van der Waals surface area contributed by atoms with Crippen LogP contribution in [0.15, 0.2) is 29.2 Å². The van der Waals surface area contributed by atoms with Crippen LogP contribution >= 0.6 is 0 Å². The molecule has 0 unspecified atom stereocenters. The van der Waals surface area contributed by atoms with Crippen LogP contribution in [0.5, 0.6) is 5.75 Å². The Labute approximate surface area is 172 Å². The summed E-state index contributed by atoms with van der Waals surface area (Å²) in [6.45, 7) is 0.648. The number of fused-ring (bicyclic) bond motifs is 1. The predicted octanol–water partition coefficient (Wildman–Crippen LogP) is 1.93. The molecule has 8 nitrogen and oxygen atoms in total. The fourth-order valence-corrected chi connectivity index (χ4v) is 3.75. The average molecular weight is 434 g/mol. The summed E-state index contributed by atoms with van der Waals surface area (Å²) in [4.78, 5) is 25.8. The standard InChI is InChI=1S/C20H17F3N4O4/c21-10-3-11(22)13(4-12(10)25)27-7-9(20(30)31)18(28)16-14(27)5-15(17(23)19(16)29)26-2-1-8(24)6-26/h3-5,7-8,29H,1-2,6,24-25H2,(H,30,31)/t8-/m0/s1. The Morgan fingerprint density at radius 1 is 1.13 bits per heavy atom. The number of pyridine rings is 1. The first-order chi connectivity index (χ1) is 14.6. The van der Waals surface area contributed by atoms with Crippen molar-refractivity contribution in [2.75, 3.05) is 23.7 Å². The van der Waals surface area contributed by atoms with Crippen LogP contribution in [0, 0.1) is 17.5 Å². The highest BCUT2D eigenvalue weighted by molar-refractivity contribution is 5.97. The van der Waals surface area contributed by atoms with Gasteiger partial charge in [-0.1, -0.05) is 0 Å². The topological polar surface area (TPSA) is 135 Å². The molecule has 31 heavy (non-hydrogen) atoms. The summed E-state index contributed by atoms with van der Waals surface area (Å²) in [6.07, 6.45) is 1.38. The molecule has 2 heterocycles. The minimum absolute atomic E-state index is 0.0929. The summed E-state index contributed by atoms with van der Waals surface area (Å²) < 4.78 is 44.2. The molecule has 1 fully saturated rings. The van der Waals surface area contributed by atoms with Gasteiger partial charge in [0.05, 0.1) is 28.0 Å². The van der Waals surface area contributed by atoms with Crippen LogP contribution in [-0.2, 0) is 0 Å². The third-order valence-corrected chi connectivity index (χ3v) is 5.31.